The fourth-order valence-corrected chi connectivity index (χ4v) is 4.05. The van der Waals surface area contributed by atoms with Crippen LogP contribution >= 0.6 is 0 Å². The van der Waals surface area contributed by atoms with Gasteiger partial charge in [-0.1, -0.05) is 20.3 Å². The lowest BCUT2D eigenvalue weighted by Gasteiger charge is -2.26. The highest BCUT2D eigenvalue weighted by molar-refractivity contribution is 4.90. The first-order valence-electron chi connectivity index (χ1n) is 6.89. The number of hydrogen-bond acceptors (Lipinski definition) is 1. The average Bonchev–Trinajstić information content (AvgIpc) is 2.77. The lowest BCUT2D eigenvalue weighted by Crippen LogP contribution is -2.22. The Balaban J connectivity index is 1.79. The zero-order valence-electron chi connectivity index (χ0n) is 10.4. The second-order valence-electron chi connectivity index (χ2n) is 6.40. The van der Waals surface area contributed by atoms with Gasteiger partial charge in [-0.25, -0.2) is 0 Å². The van der Waals surface area contributed by atoms with E-state index in [4.69, 9.17) is 5.73 Å². The van der Waals surface area contributed by atoms with Crippen LogP contribution in [0.25, 0.3) is 0 Å². The van der Waals surface area contributed by atoms with Crippen molar-refractivity contribution in [2.75, 3.05) is 6.54 Å². The number of fused-ring (bicyclic) bond motifs is 2. The third kappa shape index (κ3) is 2.75. The maximum atomic E-state index is 5.90. The molecule has 2 saturated carbocycles. The summed E-state index contributed by atoms with van der Waals surface area (Å²) in [5.41, 5.74) is 5.90. The van der Waals surface area contributed by atoms with Crippen LogP contribution in [0.3, 0.4) is 0 Å². The Morgan fingerprint density at radius 3 is 2.47 bits per heavy atom. The molecule has 0 amide bonds. The molecule has 2 rings (SSSR count). The van der Waals surface area contributed by atoms with Crippen molar-refractivity contribution in [1.82, 2.24) is 0 Å². The second-order valence-corrected chi connectivity index (χ2v) is 6.40. The van der Waals surface area contributed by atoms with Crippen LogP contribution in [0.2, 0.25) is 0 Å². The molecule has 2 aliphatic rings. The summed E-state index contributed by atoms with van der Waals surface area (Å²) in [5, 5.41) is 0. The first kappa shape index (κ1) is 11.4. The summed E-state index contributed by atoms with van der Waals surface area (Å²) in [6, 6.07) is 0. The molecule has 4 unspecified atom stereocenters. The molecule has 0 saturated heterocycles. The Morgan fingerprint density at radius 1 is 1.20 bits per heavy atom. The molecule has 2 bridgehead atoms. The minimum atomic E-state index is 0.800. The highest BCUT2D eigenvalue weighted by Crippen LogP contribution is 2.50. The van der Waals surface area contributed by atoms with E-state index in [-0.39, 0.29) is 0 Å². The SMILES string of the molecule is CC(C)CC(CN)CC1CC2CCC1C2. The Bertz CT molecular complexity index is 200. The van der Waals surface area contributed by atoms with Gasteiger partial charge in [0.2, 0.25) is 0 Å². The van der Waals surface area contributed by atoms with Gasteiger partial charge in [0.25, 0.3) is 0 Å². The molecule has 0 heterocycles. The highest BCUT2D eigenvalue weighted by Gasteiger charge is 2.39. The van der Waals surface area contributed by atoms with E-state index < -0.39 is 0 Å². The van der Waals surface area contributed by atoms with E-state index in [1.165, 1.54) is 32.1 Å². The fraction of sp³-hybridized carbons (Fsp3) is 1.00. The summed E-state index contributed by atoms with van der Waals surface area (Å²) < 4.78 is 0. The van der Waals surface area contributed by atoms with Gasteiger partial charge in [0.1, 0.15) is 0 Å². The standard InChI is InChI=1S/C14H27N/c1-10(2)5-12(9-15)8-14-7-11-3-4-13(14)6-11/h10-14H,3-9,15H2,1-2H3. The predicted molar refractivity (Wildman–Crippen MR) is 65.6 cm³/mol. The van der Waals surface area contributed by atoms with Gasteiger partial charge in [-0.2, -0.15) is 0 Å². The summed E-state index contributed by atoms with van der Waals surface area (Å²) in [5.74, 6) is 4.83. The van der Waals surface area contributed by atoms with E-state index in [9.17, 15) is 0 Å². The van der Waals surface area contributed by atoms with Crippen molar-refractivity contribution >= 4 is 0 Å². The molecule has 0 aromatic carbocycles. The van der Waals surface area contributed by atoms with Gasteiger partial charge < -0.3 is 5.73 Å². The van der Waals surface area contributed by atoms with Crippen LogP contribution in [0.15, 0.2) is 0 Å². The molecule has 0 aromatic heterocycles. The van der Waals surface area contributed by atoms with E-state index in [2.05, 4.69) is 13.8 Å². The molecule has 0 spiro atoms. The molecule has 88 valence electrons. The van der Waals surface area contributed by atoms with E-state index in [0.29, 0.717) is 0 Å². The molecule has 4 atom stereocenters. The van der Waals surface area contributed by atoms with Crippen LogP contribution in [0.1, 0.15) is 52.4 Å². The van der Waals surface area contributed by atoms with Crippen LogP contribution in [0.5, 0.6) is 0 Å². The molecule has 2 N–H and O–H groups in total. The molecule has 0 aliphatic heterocycles. The van der Waals surface area contributed by atoms with Gasteiger partial charge in [0.05, 0.1) is 0 Å². The van der Waals surface area contributed by atoms with Gasteiger partial charge in [0, 0.05) is 0 Å². The Kier molecular flexibility index (Phi) is 3.71. The van der Waals surface area contributed by atoms with Gasteiger partial charge in [-0.3, -0.25) is 0 Å². The van der Waals surface area contributed by atoms with Crippen molar-refractivity contribution in [1.29, 1.82) is 0 Å². The quantitative estimate of drug-likeness (QED) is 0.737. The lowest BCUT2D eigenvalue weighted by atomic mass is 9.80. The average molecular weight is 209 g/mol. The summed E-state index contributed by atoms with van der Waals surface area (Å²) in [6.07, 6.45) is 8.88. The Morgan fingerprint density at radius 2 is 2.00 bits per heavy atom. The summed E-state index contributed by atoms with van der Waals surface area (Å²) in [6.45, 7) is 5.55. The molecule has 1 nitrogen and oxygen atoms in total. The normalized spacial score (nSPS) is 36.4. The maximum absolute atomic E-state index is 5.90. The van der Waals surface area contributed by atoms with Crippen LogP contribution < -0.4 is 5.73 Å². The summed E-state index contributed by atoms with van der Waals surface area (Å²) in [4.78, 5) is 0. The van der Waals surface area contributed by atoms with E-state index in [1.54, 1.807) is 6.42 Å². The topological polar surface area (TPSA) is 26.0 Å². The van der Waals surface area contributed by atoms with Gasteiger partial charge in [-0.15, -0.1) is 0 Å². The van der Waals surface area contributed by atoms with Gasteiger partial charge >= 0.3 is 0 Å². The zero-order chi connectivity index (χ0) is 10.8. The molecule has 2 aliphatic carbocycles. The van der Waals surface area contributed by atoms with Crippen LogP contribution in [-0.4, -0.2) is 6.54 Å². The molecule has 0 aromatic rings. The highest BCUT2D eigenvalue weighted by atomic mass is 14.6. The summed E-state index contributed by atoms with van der Waals surface area (Å²) >= 11 is 0. The van der Waals surface area contributed by atoms with E-state index in [0.717, 1.165) is 36.1 Å². The van der Waals surface area contributed by atoms with Crippen molar-refractivity contribution in [2.24, 2.45) is 35.3 Å². The molecule has 2 fully saturated rings. The van der Waals surface area contributed by atoms with Crippen molar-refractivity contribution in [3.05, 3.63) is 0 Å². The first-order valence-corrected chi connectivity index (χ1v) is 6.89. The van der Waals surface area contributed by atoms with E-state index in [1.807, 2.05) is 0 Å². The largest absolute Gasteiger partial charge is 0.330 e. The van der Waals surface area contributed by atoms with Crippen molar-refractivity contribution < 1.29 is 0 Å². The Hall–Kier alpha value is -0.0400. The second kappa shape index (κ2) is 4.86. The lowest BCUT2D eigenvalue weighted by molar-refractivity contribution is 0.250. The van der Waals surface area contributed by atoms with Crippen LogP contribution in [-0.2, 0) is 0 Å². The monoisotopic (exact) mass is 209 g/mol. The maximum Gasteiger partial charge on any atom is -0.00487 e. The number of rotatable bonds is 5. The fourth-order valence-electron chi connectivity index (χ4n) is 4.05. The van der Waals surface area contributed by atoms with Crippen LogP contribution in [0.4, 0.5) is 0 Å². The molecule has 0 radical (unpaired) electrons. The molecular weight excluding hydrogens is 182 g/mol. The third-order valence-corrected chi connectivity index (χ3v) is 4.66. The van der Waals surface area contributed by atoms with Gasteiger partial charge in [0.15, 0.2) is 0 Å². The predicted octanol–water partition coefficient (Wildman–Crippen LogP) is 3.43. The molecule has 1 heteroatoms. The van der Waals surface area contributed by atoms with Crippen molar-refractivity contribution in [3.63, 3.8) is 0 Å². The van der Waals surface area contributed by atoms with Crippen LogP contribution in [0, 0.1) is 29.6 Å². The third-order valence-electron chi connectivity index (χ3n) is 4.66. The van der Waals surface area contributed by atoms with E-state index >= 15 is 0 Å². The smallest absolute Gasteiger partial charge is 0.00487 e. The minimum absolute atomic E-state index is 0.800. The first-order chi connectivity index (χ1) is 7.19. The van der Waals surface area contributed by atoms with Crippen molar-refractivity contribution in [3.8, 4) is 0 Å². The minimum Gasteiger partial charge on any atom is -0.330 e. The summed E-state index contributed by atoms with van der Waals surface area (Å²) in [7, 11) is 0. The van der Waals surface area contributed by atoms with Gasteiger partial charge in [-0.05, 0) is 68.2 Å². The number of hydrogen-bond donors (Lipinski definition) is 1. The number of nitrogens with two attached hydrogens (primary N) is 1. The molecular formula is C14H27N. The zero-order valence-corrected chi connectivity index (χ0v) is 10.4. The molecule has 15 heavy (non-hydrogen) atoms. The Labute approximate surface area is 94.8 Å². The van der Waals surface area contributed by atoms with Crippen molar-refractivity contribution in [2.45, 2.75) is 52.4 Å².